The molecular weight excluding hydrogens is 122 g/mol. The van der Waals surface area contributed by atoms with Gasteiger partial charge in [-0.05, 0) is 25.2 Å². The second-order valence-electron chi connectivity index (χ2n) is 3.91. The van der Waals surface area contributed by atoms with Crippen molar-refractivity contribution in [2.45, 2.75) is 32.1 Å². The highest BCUT2D eigenvalue weighted by Crippen LogP contribution is 2.31. The molecule has 58 valence electrons. The smallest absolute Gasteiger partial charge is 0.0786 e. The van der Waals surface area contributed by atoms with Crippen molar-refractivity contribution < 1.29 is 5.32 Å². The van der Waals surface area contributed by atoms with Crippen molar-refractivity contribution >= 4 is 0 Å². The molecule has 0 bridgehead atoms. The van der Waals surface area contributed by atoms with Crippen molar-refractivity contribution in [2.75, 3.05) is 13.1 Å². The Labute approximate surface area is 63.2 Å². The lowest BCUT2D eigenvalue weighted by Gasteiger charge is -2.33. The van der Waals surface area contributed by atoms with Crippen LogP contribution in [0.5, 0.6) is 0 Å². The van der Waals surface area contributed by atoms with E-state index >= 15 is 0 Å². The average molecular weight is 140 g/mol. The van der Waals surface area contributed by atoms with Crippen LogP contribution in [0.3, 0.4) is 0 Å². The molecule has 1 heterocycles. The quantitative estimate of drug-likeness (QED) is 0.511. The van der Waals surface area contributed by atoms with Crippen molar-refractivity contribution in [2.24, 2.45) is 11.8 Å². The van der Waals surface area contributed by atoms with Crippen molar-refractivity contribution in [1.29, 1.82) is 0 Å². The monoisotopic (exact) mass is 140 g/mol. The maximum atomic E-state index is 2.51. The summed E-state index contributed by atoms with van der Waals surface area (Å²) < 4.78 is 0. The van der Waals surface area contributed by atoms with Crippen LogP contribution in [-0.4, -0.2) is 13.1 Å². The molecule has 0 aromatic carbocycles. The molecule has 0 aromatic heterocycles. The average Bonchev–Trinajstić information content (AvgIpc) is 2.05. The first-order chi connectivity index (χ1) is 4.97. The Morgan fingerprint density at radius 2 is 1.70 bits per heavy atom. The van der Waals surface area contributed by atoms with E-state index in [9.17, 15) is 0 Å². The minimum Gasteiger partial charge on any atom is -0.346 e. The van der Waals surface area contributed by atoms with E-state index in [-0.39, 0.29) is 0 Å². The van der Waals surface area contributed by atoms with E-state index in [1.165, 1.54) is 38.8 Å². The predicted molar refractivity (Wildman–Crippen MR) is 41.7 cm³/mol. The minimum absolute atomic E-state index is 1.10. The van der Waals surface area contributed by atoms with E-state index in [0.717, 1.165) is 11.8 Å². The number of hydrogen-bond acceptors (Lipinski definition) is 0. The molecule has 0 radical (unpaired) electrons. The lowest BCUT2D eigenvalue weighted by Crippen LogP contribution is -2.88. The molecule has 2 rings (SSSR count). The molecule has 1 saturated carbocycles. The largest absolute Gasteiger partial charge is 0.346 e. The number of rotatable bonds is 0. The zero-order valence-corrected chi connectivity index (χ0v) is 6.68. The summed E-state index contributed by atoms with van der Waals surface area (Å²) in [4.78, 5) is 0. The van der Waals surface area contributed by atoms with Gasteiger partial charge in [-0.15, -0.1) is 0 Å². The van der Waals surface area contributed by atoms with Gasteiger partial charge in [0.05, 0.1) is 13.1 Å². The lowest BCUT2D eigenvalue weighted by atomic mass is 9.76. The van der Waals surface area contributed by atoms with Crippen LogP contribution in [-0.2, 0) is 0 Å². The summed E-state index contributed by atoms with van der Waals surface area (Å²) in [5.41, 5.74) is 0. The van der Waals surface area contributed by atoms with Gasteiger partial charge in [-0.25, -0.2) is 0 Å². The van der Waals surface area contributed by atoms with Crippen LogP contribution in [0, 0.1) is 11.8 Å². The third-order valence-corrected chi connectivity index (χ3v) is 3.28. The van der Waals surface area contributed by atoms with Gasteiger partial charge in [-0.2, -0.15) is 0 Å². The molecule has 2 fully saturated rings. The van der Waals surface area contributed by atoms with Gasteiger partial charge in [0.25, 0.3) is 0 Å². The summed E-state index contributed by atoms with van der Waals surface area (Å²) in [6.07, 6.45) is 7.60. The summed E-state index contributed by atoms with van der Waals surface area (Å²) in [6, 6.07) is 0. The van der Waals surface area contributed by atoms with Crippen molar-refractivity contribution in [3.63, 3.8) is 0 Å². The van der Waals surface area contributed by atoms with Crippen LogP contribution in [0.2, 0.25) is 0 Å². The molecule has 2 aliphatic rings. The lowest BCUT2D eigenvalue weighted by molar-refractivity contribution is -0.672. The van der Waals surface area contributed by atoms with E-state index in [1.54, 1.807) is 6.42 Å². The van der Waals surface area contributed by atoms with E-state index in [0.29, 0.717) is 0 Å². The highest BCUT2D eigenvalue weighted by atomic mass is 14.9. The van der Waals surface area contributed by atoms with Gasteiger partial charge < -0.3 is 5.32 Å². The van der Waals surface area contributed by atoms with Crippen molar-refractivity contribution in [3.05, 3.63) is 0 Å². The fourth-order valence-electron chi connectivity index (χ4n) is 2.64. The van der Waals surface area contributed by atoms with Gasteiger partial charge in [-0.3, -0.25) is 0 Å². The van der Waals surface area contributed by atoms with E-state index in [4.69, 9.17) is 0 Å². The van der Waals surface area contributed by atoms with Crippen LogP contribution < -0.4 is 5.32 Å². The Hall–Kier alpha value is -0.0400. The second kappa shape index (κ2) is 2.91. The highest BCUT2D eigenvalue weighted by Gasteiger charge is 2.29. The Kier molecular flexibility index (Phi) is 1.94. The number of fused-ring (bicyclic) bond motifs is 1. The Morgan fingerprint density at radius 1 is 0.900 bits per heavy atom. The summed E-state index contributed by atoms with van der Waals surface area (Å²) in [5.74, 6) is 2.22. The van der Waals surface area contributed by atoms with Gasteiger partial charge >= 0.3 is 0 Å². The second-order valence-corrected chi connectivity index (χ2v) is 3.91. The van der Waals surface area contributed by atoms with Crippen LogP contribution >= 0.6 is 0 Å². The maximum Gasteiger partial charge on any atom is 0.0786 e. The van der Waals surface area contributed by atoms with E-state index < -0.39 is 0 Å². The molecule has 0 spiro atoms. The van der Waals surface area contributed by atoms with Gasteiger partial charge in [-0.1, -0.05) is 12.8 Å². The first-order valence-corrected chi connectivity index (χ1v) is 4.78. The van der Waals surface area contributed by atoms with Gasteiger partial charge in [0.15, 0.2) is 0 Å². The molecule has 1 aliphatic heterocycles. The fraction of sp³-hybridized carbons (Fsp3) is 1.00. The number of quaternary nitrogens is 1. The number of piperidine rings is 1. The molecule has 1 heteroatoms. The highest BCUT2D eigenvalue weighted by molar-refractivity contribution is 4.75. The molecule has 10 heavy (non-hydrogen) atoms. The molecule has 0 unspecified atom stereocenters. The topological polar surface area (TPSA) is 16.6 Å². The van der Waals surface area contributed by atoms with E-state index in [2.05, 4.69) is 5.32 Å². The van der Waals surface area contributed by atoms with Crippen LogP contribution in [0.15, 0.2) is 0 Å². The summed E-state index contributed by atoms with van der Waals surface area (Å²) in [6.45, 7) is 2.84. The molecule has 1 saturated heterocycles. The molecule has 2 N–H and O–H groups in total. The summed E-state index contributed by atoms with van der Waals surface area (Å²) >= 11 is 0. The SMILES string of the molecule is C1CC[C@@H]2C[NH2+]CC[C@H]2C1. The first kappa shape index (κ1) is 6.66. The predicted octanol–water partition coefficient (Wildman–Crippen LogP) is 0.760. The number of nitrogens with two attached hydrogens (primary N) is 1. The van der Waals surface area contributed by atoms with Crippen LogP contribution in [0.4, 0.5) is 0 Å². The third-order valence-electron chi connectivity index (χ3n) is 3.28. The van der Waals surface area contributed by atoms with Gasteiger partial charge in [0, 0.05) is 5.92 Å². The Morgan fingerprint density at radius 3 is 2.50 bits per heavy atom. The van der Waals surface area contributed by atoms with Crippen molar-refractivity contribution in [1.82, 2.24) is 0 Å². The van der Waals surface area contributed by atoms with Crippen molar-refractivity contribution in [3.8, 4) is 0 Å². The Balaban J connectivity index is 1.93. The molecule has 0 aromatic rings. The molecule has 1 aliphatic carbocycles. The summed E-state index contributed by atoms with van der Waals surface area (Å²) in [5, 5.41) is 2.51. The molecular formula is C9H18N+. The minimum atomic E-state index is 1.10. The maximum absolute atomic E-state index is 2.51. The molecule has 0 amide bonds. The zero-order valence-electron chi connectivity index (χ0n) is 6.68. The fourth-order valence-corrected chi connectivity index (χ4v) is 2.64. The standard InChI is InChI=1S/C9H17N/c1-2-4-9-7-10-6-5-8(9)3-1/h8-10H,1-7H2/p+1/t8-,9-/m1/s1. The molecule has 1 nitrogen and oxygen atoms in total. The normalized spacial score (nSPS) is 40.8. The van der Waals surface area contributed by atoms with Gasteiger partial charge in [0.1, 0.15) is 0 Å². The Bertz CT molecular complexity index is 85.3. The zero-order chi connectivity index (χ0) is 6.81. The number of hydrogen-bond donors (Lipinski definition) is 1. The van der Waals surface area contributed by atoms with E-state index in [1.807, 2.05) is 0 Å². The van der Waals surface area contributed by atoms with Crippen LogP contribution in [0.1, 0.15) is 32.1 Å². The van der Waals surface area contributed by atoms with Gasteiger partial charge in [0.2, 0.25) is 0 Å². The van der Waals surface area contributed by atoms with Crippen LogP contribution in [0.25, 0.3) is 0 Å². The third kappa shape index (κ3) is 1.20. The summed E-state index contributed by atoms with van der Waals surface area (Å²) in [7, 11) is 0. The first-order valence-electron chi connectivity index (χ1n) is 4.78. The molecule has 2 atom stereocenters.